The maximum atomic E-state index is 11.2. The maximum absolute atomic E-state index is 11.2. The lowest BCUT2D eigenvalue weighted by atomic mass is 10.0. The molecule has 0 bridgehead atoms. The van der Waals surface area contributed by atoms with Crippen molar-refractivity contribution in [3.05, 3.63) is 16.4 Å². The third-order valence-corrected chi connectivity index (χ3v) is 3.14. The average molecular weight is 229 g/mol. The molecule has 0 aromatic carbocycles. The van der Waals surface area contributed by atoms with Gasteiger partial charge in [0.25, 0.3) is 0 Å². The topological polar surface area (TPSA) is 34.9 Å². The summed E-state index contributed by atoms with van der Waals surface area (Å²) < 4.78 is 1.87. The van der Waals surface area contributed by atoms with Crippen molar-refractivity contribution in [1.82, 2.24) is 9.78 Å². The van der Waals surface area contributed by atoms with Crippen LogP contribution in [0.25, 0.3) is 0 Å². The highest BCUT2D eigenvalue weighted by Gasteiger charge is 2.17. The van der Waals surface area contributed by atoms with Gasteiger partial charge in [0.05, 0.1) is 16.4 Å². The minimum atomic E-state index is 0.00361. The fraction of sp³-hybridized carbons (Fsp3) is 0.636. The summed E-state index contributed by atoms with van der Waals surface area (Å²) in [5.74, 6) is 0.191. The molecule has 0 saturated carbocycles. The molecule has 1 aromatic rings. The van der Waals surface area contributed by atoms with E-state index in [2.05, 4.69) is 5.10 Å². The molecule has 0 saturated heterocycles. The number of nitrogens with zero attached hydrogens (tertiary/aromatic N) is 2. The number of hydrogen-bond acceptors (Lipinski definition) is 2. The summed E-state index contributed by atoms with van der Waals surface area (Å²) in [6, 6.07) is 0. The highest BCUT2D eigenvalue weighted by molar-refractivity contribution is 6.31. The molecule has 0 N–H and O–H groups in total. The second-order valence-electron chi connectivity index (χ2n) is 3.88. The molecule has 0 radical (unpaired) electrons. The Morgan fingerprint density at radius 3 is 2.67 bits per heavy atom. The van der Waals surface area contributed by atoms with E-state index in [4.69, 9.17) is 11.6 Å². The summed E-state index contributed by atoms with van der Waals surface area (Å²) in [6.07, 6.45) is 0.669. The Balaban J connectivity index is 2.97. The Hall–Kier alpha value is -0.830. The first-order valence-corrected chi connectivity index (χ1v) is 5.57. The Bertz CT molecular complexity index is 371. The van der Waals surface area contributed by atoms with Crippen molar-refractivity contribution >= 4 is 17.4 Å². The molecule has 84 valence electrons. The van der Waals surface area contributed by atoms with Crippen LogP contribution in [0, 0.1) is 12.8 Å². The highest BCUT2D eigenvalue weighted by atomic mass is 35.5. The predicted molar refractivity (Wildman–Crippen MR) is 61.2 cm³/mol. The van der Waals surface area contributed by atoms with Crippen LogP contribution in [0.15, 0.2) is 0 Å². The molecular formula is C11H17ClN2O. The van der Waals surface area contributed by atoms with Crippen molar-refractivity contribution in [3.63, 3.8) is 0 Å². The lowest BCUT2D eigenvalue weighted by Crippen LogP contribution is -2.13. The third-order valence-electron chi connectivity index (χ3n) is 2.65. The first-order chi connectivity index (χ1) is 6.97. The van der Waals surface area contributed by atoms with Gasteiger partial charge in [0.1, 0.15) is 5.78 Å². The maximum Gasteiger partial charge on any atom is 0.133 e. The van der Waals surface area contributed by atoms with E-state index in [0.717, 1.165) is 17.9 Å². The first kappa shape index (κ1) is 12.2. The number of Topliss-reactive ketones (excluding diaryl/α,β-unsaturated/α-hetero) is 1. The van der Waals surface area contributed by atoms with Crippen LogP contribution in [-0.2, 0) is 17.8 Å². The van der Waals surface area contributed by atoms with Crippen molar-refractivity contribution in [2.75, 3.05) is 0 Å². The van der Waals surface area contributed by atoms with Gasteiger partial charge in [0.2, 0.25) is 0 Å². The Morgan fingerprint density at radius 2 is 2.20 bits per heavy atom. The molecule has 0 aliphatic rings. The number of halogens is 1. The van der Waals surface area contributed by atoms with E-state index in [1.165, 1.54) is 0 Å². The summed E-state index contributed by atoms with van der Waals surface area (Å²) in [7, 11) is 0. The van der Waals surface area contributed by atoms with Gasteiger partial charge in [0.15, 0.2) is 0 Å². The smallest absolute Gasteiger partial charge is 0.133 e. The zero-order chi connectivity index (χ0) is 11.6. The van der Waals surface area contributed by atoms with Gasteiger partial charge in [-0.15, -0.1) is 0 Å². The van der Waals surface area contributed by atoms with Gasteiger partial charge >= 0.3 is 0 Å². The summed E-state index contributed by atoms with van der Waals surface area (Å²) >= 11 is 6.15. The van der Waals surface area contributed by atoms with Crippen molar-refractivity contribution in [2.24, 2.45) is 5.92 Å². The third kappa shape index (κ3) is 2.59. The number of hydrogen-bond donors (Lipinski definition) is 0. The Kier molecular flexibility index (Phi) is 3.91. The fourth-order valence-corrected chi connectivity index (χ4v) is 1.71. The van der Waals surface area contributed by atoms with Gasteiger partial charge in [-0.25, -0.2) is 0 Å². The summed E-state index contributed by atoms with van der Waals surface area (Å²) in [6.45, 7) is 8.22. The molecule has 0 fully saturated rings. The zero-order valence-corrected chi connectivity index (χ0v) is 10.4. The molecule has 1 atom stereocenters. The van der Waals surface area contributed by atoms with Crippen LogP contribution in [0.3, 0.4) is 0 Å². The van der Waals surface area contributed by atoms with E-state index >= 15 is 0 Å². The molecular weight excluding hydrogens is 212 g/mol. The largest absolute Gasteiger partial charge is 0.300 e. The Morgan fingerprint density at radius 1 is 1.60 bits per heavy atom. The molecule has 0 amide bonds. The number of carbonyl (C=O) groups is 1. The molecule has 0 spiro atoms. The van der Waals surface area contributed by atoms with Gasteiger partial charge in [-0.05, 0) is 20.8 Å². The van der Waals surface area contributed by atoms with Crippen molar-refractivity contribution in [1.29, 1.82) is 0 Å². The van der Waals surface area contributed by atoms with Gasteiger partial charge in [-0.2, -0.15) is 5.10 Å². The quantitative estimate of drug-likeness (QED) is 0.794. The number of aromatic nitrogens is 2. The van der Waals surface area contributed by atoms with Gasteiger partial charge in [-0.1, -0.05) is 18.5 Å². The van der Waals surface area contributed by atoms with Crippen molar-refractivity contribution in [2.45, 2.75) is 40.7 Å². The number of aryl methyl sites for hydroxylation is 2. The van der Waals surface area contributed by atoms with E-state index in [1.54, 1.807) is 6.92 Å². The first-order valence-electron chi connectivity index (χ1n) is 5.19. The standard InChI is InChI=1S/C11H17ClN2O/c1-5-14-10(6-7(2)9(4)15)11(12)8(3)13-14/h7H,5-6H2,1-4H3. The van der Waals surface area contributed by atoms with Crippen LogP contribution >= 0.6 is 11.6 Å². The van der Waals surface area contributed by atoms with Crippen molar-refractivity contribution in [3.8, 4) is 0 Å². The van der Waals surface area contributed by atoms with Crippen LogP contribution in [0.2, 0.25) is 5.02 Å². The SMILES string of the molecule is CCn1nc(C)c(Cl)c1CC(C)C(C)=O. The number of carbonyl (C=O) groups excluding carboxylic acids is 1. The van der Waals surface area contributed by atoms with E-state index in [1.807, 2.05) is 25.5 Å². The van der Waals surface area contributed by atoms with Gasteiger partial charge in [-0.3, -0.25) is 9.48 Å². The van der Waals surface area contributed by atoms with Crippen LogP contribution in [0.5, 0.6) is 0 Å². The fourth-order valence-electron chi connectivity index (χ4n) is 1.50. The molecule has 4 heteroatoms. The monoisotopic (exact) mass is 228 g/mol. The second-order valence-corrected chi connectivity index (χ2v) is 4.26. The summed E-state index contributed by atoms with van der Waals surface area (Å²) in [4.78, 5) is 11.2. The summed E-state index contributed by atoms with van der Waals surface area (Å²) in [5, 5.41) is 5.01. The molecule has 1 heterocycles. The molecule has 1 rings (SSSR count). The van der Waals surface area contributed by atoms with Gasteiger partial charge < -0.3 is 0 Å². The van der Waals surface area contributed by atoms with Crippen LogP contribution in [0.4, 0.5) is 0 Å². The Labute approximate surface area is 95.4 Å². The molecule has 0 aliphatic heterocycles. The normalized spacial score (nSPS) is 12.9. The molecule has 3 nitrogen and oxygen atoms in total. The van der Waals surface area contributed by atoms with Crippen LogP contribution in [-0.4, -0.2) is 15.6 Å². The minimum Gasteiger partial charge on any atom is -0.300 e. The van der Waals surface area contributed by atoms with Crippen LogP contribution in [0.1, 0.15) is 32.2 Å². The zero-order valence-electron chi connectivity index (χ0n) is 9.67. The average Bonchev–Trinajstić information content (AvgIpc) is 2.45. The molecule has 0 aliphatic carbocycles. The van der Waals surface area contributed by atoms with E-state index < -0.39 is 0 Å². The molecule has 15 heavy (non-hydrogen) atoms. The van der Waals surface area contributed by atoms with E-state index in [9.17, 15) is 4.79 Å². The highest BCUT2D eigenvalue weighted by Crippen LogP contribution is 2.23. The second kappa shape index (κ2) is 4.79. The molecule has 1 aromatic heterocycles. The minimum absolute atomic E-state index is 0.00361. The number of rotatable bonds is 4. The van der Waals surface area contributed by atoms with Crippen LogP contribution < -0.4 is 0 Å². The van der Waals surface area contributed by atoms with Crippen molar-refractivity contribution < 1.29 is 4.79 Å². The lowest BCUT2D eigenvalue weighted by molar-refractivity contribution is -0.120. The summed E-state index contributed by atoms with van der Waals surface area (Å²) in [5.41, 5.74) is 1.81. The lowest BCUT2D eigenvalue weighted by Gasteiger charge is -2.09. The predicted octanol–water partition coefficient (Wildman–Crippen LogP) is 2.63. The van der Waals surface area contributed by atoms with E-state index in [0.29, 0.717) is 11.4 Å². The molecule has 1 unspecified atom stereocenters. The van der Waals surface area contributed by atoms with Gasteiger partial charge in [0, 0.05) is 18.9 Å². The number of ketones is 1. The van der Waals surface area contributed by atoms with E-state index in [-0.39, 0.29) is 11.7 Å².